The molecule has 0 saturated heterocycles. The summed E-state index contributed by atoms with van der Waals surface area (Å²) in [6.45, 7) is 10.5. The van der Waals surface area contributed by atoms with E-state index in [9.17, 15) is 0 Å². The van der Waals surface area contributed by atoms with Crippen LogP contribution in [-0.4, -0.2) is 4.98 Å². The van der Waals surface area contributed by atoms with Crippen molar-refractivity contribution in [2.24, 2.45) is 0 Å². The van der Waals surface area contributed by atoms with Crippen LogP contribution in [0.1, 0.15) is 59.8 Å². The van der Waals surface area contributed by atoms with E-state index in [2.05, 4.69) is 37.1 Å². The largest absolute Gasteiger partial charge is 0.466 e. The number of rotatable bonds is 5. The first-order valence-corrected chi connectivity index (χ1v) is 7.60. The van der Waals surface area contributed by atoms with Gasteiger partial charge in [-0.25, -0.2) is 4.98 Å². The molecule has 19 heavy (non-hydrogen) atoms. The van der Waals surface area contributed by atoms with Crippen molar-refractivity contribution in [1.29, 1.82) is 0 Å². The third-order valence-corrected chi connectivity index (χ3v) is 4.66. The van der Waals surface area contributed by atoms with E-state index < -0.39 is 0 Å². The van der Waals surface area contributed by atoms with Crippen LogP contribution in [0.3, 0.4) is 0 Å². The second-order valence-electron chi connectivity index (χ2n) is 5.00. The van der Waals surface area contributed by atoms with E-state index in [4.69, 9.17) is 4.42 Å². The molecule has 0 aliphatic rings. The first kappa shape index (κ1) is 14.3. The fourth-order valence-corrected chi connectivity index (χ4v) is 3.17. The molecule has 4 heteroatoms. The van der Waals surface area contributed by atoms with Gasteiger partial charge in [0.1, 0.15) is 16.5 Å². The van der Waals surface area contributed by atoms with Gasteiger partial charge in [-0.2, -0.15) is 0 Å². The molecule has 0 aliphatic carbocycles. The second kappa shape index (κ2) is 5.88. The van der Waals surface area contributed by atoms with Gasteiger partial charge in [0.05, 0.1) is 6.04 Å². The maximum atomic E-state index is 5.59. The summed E-state index contributed by atoms with van der Waals surface area (Å²) in [4.78, 5) is 5.83. The van der Waals surface area contributed by atoms with Gasteiger partial charge in [0.2, 0.25) is 0 Å². The Kier molecular flexibility index (Phi) is 4.42. The Labute approximate surface area is 119 Å². The van der Waals surface area contributed by atoms with Crippen molar-refractivity contribution < 1.29 is 4.42 Å². The van der Waals surface area contributed by atoms with Crippen molar-refractivity contribution in [3.8, 4) is 0 Å². The smallest absolute Gasteiger partial charge is 0.109 e. The highest BCUT2D eigenvalue weighted by Gasteiger charge is 2.17. The van der Waals surface area contributed by atoms with Crippen LogP contribution in [0.25, 0.3) is 0 Å². The quantitative estimate of drug-likeness (QED) is 0.884. The van der Waals surface area contributed by atoms with Gasteiger partial charge in [-0.15, -0.1) is 11.3 Å². The predicted octanol–water partition coefficient (Wildman–Crippen LogP) is 4.33. The summed E-state index contributed by atoms with van der Waals surface area (Å²) in [5.74, 6) is 1.97. The SMILES string of the molecule is CCc1cnc(C(C)NC(C)c2cc(C)oc2C)s1. The summed E-state index contributed by atoms with van der Waals surface area (Å²) in [7, 11) is 0. The van der Waals surface area contributed by atoms with Crippen LogP contribution in [-0.2, 0) is 6.42 Å². The Balaban J connectivity index is 2.06. The Morgan fingerprint density at radius 3 is 2.58 bits per heavy atom. The maximum Gasteiger partial charge on any atom is 0.109 e. The minimum atomic E-state index is 0.259. The number of thiazole rings is 1. The zero-order valence-corrected chi connectivity index (χ0v) is 13.1. The van der Waals surface area contributed by atoms with Crippen molar-refractivity contribution in [2.45, 2.75) is 53.1 Å². The summed E-state index contributed by atoms with van der Waals surface area (Å²) in [5, 5.41) is 4.75. The lowest BCUT2D eigenvalue weighted by Crippen LogP contribution is -2.22. The van der Waals surface area contributed by atoms with Crippen LogP contribution in [0.15, 0.2) is 16.7 Å². The number of aryl methyl sites for hydroxylation is 3. The zero-order chi connectivity index (χ0) is 14.0. The molecular weight excluding hydrogens is 256 g/mol. The van der Waals surface area contributed by atoms with E-state index in [-0.39, 0.29) is 12.1 Å². The minimum Gasteiger partial charge on any atom is -0.466 e. The molecule has 0 fully saturated rings. The van der Waals surface area contributed by atoms with Crippen LogP contribution >= 0.6 is 11.3 Å². The minimum absolute atomic E-state index is 0.259. The number of aromatic nitrogens is 1. The first-order valence-electron chi connectivity index (χ1n) is 6.78. The first-order chi connectivity index (χ1) is 9.01. The molecule has 2 heterocycles. The molecule has 0 spiro atoms. The highest BCUT2D eigenvalue weighted by Crippen LogP contribution is 2.26. The van der Waals surface area contributed by atoms with Crippen molar-refractivity contribution >= 4 is 11.3 Å². The number of hydrogen-bond donors (Lipinski definition) is 1. The number of nitrogens with zero attached hydrogens (tertiary/aromatic N) is 1. The van der Waals surface area contributed by atoms with Crippen LogP contribution in [0.4, 0.5) is 0 Å². The highest BCUT2D eigenvalue weighted by molar-refractivity contribution is 7.11. The second-order valence-corrected chi connectivity index (χ2v) is 6.14. The molecule has 2 atom stereocenters. The number of nitrogens with one attached hydrogen (secondary N) is 1. The fraction of sp³-hybridized carbons (Fsp3) is 0.533. The number of furan rings is 1. The Morgan fingerprint density at radius 1 is 1.32 bits per heavy atom. The molecule has 0 aliphatic heterocycles. The predicted molar refractivity (Wildman–Crippen MR) is 79.6 cm³/mol. The lowest BCUT2D eigenvalue weighted by atomic mass is 10.1. The van der Waals surface area contributed by atoms with Gasteiger partial charge in [-0.05, 0) is 40.2 Å². The van der Waals surface area contributed by atoms with Crippen molar-refractivity contribution in [3.63, 3.8) is 0 Å². The molecule has 2 rings (SSSR count). The zero-order valence-electron chi connectivity index (χ0n) is 12.3. The van der Waals surface area contributed by atoms with Crippen molar-refractivity contribution in [2.75, 3.05) is 0 Å². The topological polar surface area (TPSA) is 38.1 Å². The lowest BCUT2D eigenvalue weighted by molar-refractivity contribution is 0.468. The molecule has 0 aromatic carbocycles. The van der Waals surface area contributed by atoms with Gasteiger partial charge in [0.25, 0.3) is 0 Å². The standard InChI is InChI=1S/C15H22N2OS/c1-6-13-8-16-15(19-13)11(4)17-10(3)14-7-9(2)18-12(14)5/h7-8,10-11,17H,6H2,1-5H3. The van der Waals surface area contributed by atoms with Gasteiger partial charge in [-0.3, -0.25) is 0 Å². The van der Waals surface area contributed by atoms with Gasteiger partial charge >= 0.3 is 0 Å². The third-order valence-electron chi connectivity index (χ3n) is 3.34. The normalized spacial score (nSPS) is 14.6. The molecule has 1 N–H and O–H groups in total. The Bertz CT molecular complexity index is 544. The molecule has 0 bridgehead atoms. The number of hydrogen-bond acceptors (Lipinski definition) is 4. The molecular formula is C15H22N2OS. The van der Waals surface area contributed by atoms with Crippen LogP contribution in [0, 0.1) is 13.8 Å². The van der Waals surface area contributed by atoms with E-state index in [1.165, 1.54) is 10.4 Å². The third kappa shape index (κ3) is 3.25. The van der Waals surface area contributed by atoms with E-state index in [0.29, 0.717) is 0 Å². The molecule has 2 unspecified atom stereocenters. The lowest BCUT2D eigenvalue weighted by Gasteiger charge is -2.18. The average molecular weight is 278 g/mol. The van der Waals surface area contributed by atoms with Gasteiger partial charge < -0.3 is 9.73 Å². The molecule has 2 aromatic heterocycles. The van der Waals surface area contributed by atoms with Crippen LogP contribution in [0.5, 0.6) is 0 Å². The van der Waals surface area contributed by atoms with Crippen LogP contribution < -0.4 is 5.32 Å². The molecule has 3 nitrogen and oxygen atoms in total. The van der Waals surface area contributed by atoms with Crippen molar-refractivity contribution in [1.82, 2.24) is 10.3 Å². The summed E-state index contributed by atoms with van der Waals surface area (Å²) >= 11 is 1.79. The van der Waals surface area contributed by atoms with E-state index in [1.54, 1.807) is 11.3 Å². The van der Waals surface area contributed by atoms with E-state index in [0.717, 1.165) is 22.9 Å². The molecule has 0 radical (unpaired) electrons. The molecule has 0 saturated carbocycles. The monoisotopic (exact) mass is 278 g/mol. The summed E-state index contributed by atoms with van der Waals surface area (Å²) in [5.41, 5.74) is 1.23. The van der Waals surface area contributed by atoms with E-state index >= 15 is 0 Å². The summed E-state index contributed by atoms with van der Waals surface area (Å²) in [6, 6.07) is 2.63. The summed E-state index contributed by atoms with van der Waals surface area (Å²) < 4.78 is 5.59. The summed E-state index contributed by atoms with van der Waals surface area (Å²) in [6.07, 6.45) is 3.04. The van der Waals surface area contributed by atoms with Gasteiger partial charge in [-0.1, -0.05) is 6.92 Å². The van der Waals surface area contributed by atoms with Gasteiger partial charge in [0, 0.05) is 22.7 Å². The van der Waals surface area contributed by atoms with Gasteiger partial charge in [0.15, 0.2) is 0 Å². The molecule has 104 valence electrons. The average Bonchev–Trinajstić information content (AvgIpc) is 2.95. The van der Waals surface area contributed by atoms with Crippen molar-refractivity contribution in [3.05, 3.63) is 39.2 Å². The highest BCUT2D eigenvalue weighted by atomic mass is 32.1. The molecule has 2 aromatic rings. The van der Waals surface area contributed by atoms with E-state index in [1.807, 2.05) is 20.0 Å². The van der Waals surface area contributed by atoms with Crippen LogP contribution in [0.2, 0.25) is 0 Å². The molecule has 0 amide bonds. The Morgan fingerprint density at radius 2 is 2.05 bits per heavy atom. The Hall–Kier alpha value is -1.13. The maximum absolute atomic E-state index is 5.59. The fourth-order valence-electron chi connectivity index (χ4n) is 2.30.